The van der Waals surface area contributed by atoms with E-state index < -0.39 is 58.8 Å². The van der Waals surface area contributed by atoms with Crippen LogP contribution < -0.4 is 0 Å². The Bertz CT molecular complexity index is 1060. The topological polar surface area (TPSA) is 152 Å². The highest BCUT2D eigenvalue weighted by Gasteiger charge is 2.71. The quantitative estimate of drug-likeness (QED) is 0.219. The van der Waals surface area contributed by atoms with Gasteiger partial charge in [0.25, 0.3) is 0 Å². The summed E-state index contributed by atoms with van der Waals surface area (Å²) in [6.45, 7) is 4.10. The molecule has 0 amide bonds. The third kappa shape index (κ3) is 3.86. The van der Waals surface area contributed by atoms with E-state index in [0.29, 0.717) is 44.9 Å². The summed E-state index contributed by atoms with van der Waals surface area (Å²) in [5, 5.41) is 45.6. The number of aldehydes is 1. The predicted molar refractivity (Wildman–Crippen MR) is 140 cm³/mol. The van der Waals surface area contributed by atoms with Crippen molar-refractivity contribution in [2.24, 2.45) is 28.6 Å². The lowest BCUT2D eigenvalue weighted by Crippen LogP contribution is -2.69. The second-order valence-corrected chi connectivity index (χ2v) is 13.6. The fourth-order valence-corrected chi connectivity index (χ4v) is 10.0. The van der Waals surface area contributed by atoms with Gasteiger partial charge in [0.2, 0.25) is 0 Å². The first-order valence-electron chi connectivity index (χ1n) is 14.9. The first-order chi connectivity index (χ1) is 18.9. The number of fused-ring (bicyclic) bond motifs is 5. The second kappa shape index (κ2) is 9.82. The van der Waals surface area contributed by atoms with Crippen molar-refractivity contribution >= 4 is 12.3 Å². The van der Waals surface area contributed by atoms with Crippen LogP contribution in [0.4, 0.5) is 0 Å². The van der Waals surface area contributed by atoms with Gasteiger partial charge in [-0.25, -0.2) is 4.79 Å². The molecule has 13 atom stereocenters. The molecule has 6 rings (SSSR count). The lowest BCUT2D eigenvalue weighted by molar-refractivity contribution is -0.319. The number of hydrogen-bond acceptors (Lipinski definition) is 10. The van der Waals surface area contributed by atoms with Gasteiger partial charge in [0.05, 0.1) is 28.8 Å². The van der Waals surface area contributed by atoms with Crippen molar-refractivity contribution in [1.82, 2.24) is 0 Å². The van der Waals surface area contributed by atoms with E-state index in [0.717, 1.165) is 18.3 Å². The number of ether oxygens (including phenoxy) is 4. The molecule has 0 aromatic rings. The van der Waals surface area contributed by atoms with Gasteiger partial charge in [0.1, 0.15) is 31.2 Å². The Balaban J connectivity index is 1.22. The number of carbonyl (C=O) groups excluding carboxylic acids is 2. The molecule has 4 saturated carbocycles. The summed E-state index contributed by atoms with van der Waals surface area (Å²) in [6, 6.07) is 0. The summed E-state index contributed by atoms with van der Waals surface area (Å²) >= 11 is 0. The monoisotopic (exact) mass is 564 g/mol. The molecule has 10 heteroatoms. The highest BCUT2D eigenvalue weighted by molar-refractivity contribution is 5.85. The molecule has 0 spiro atoms. The van der Waals surface area contributed by atoms with Crippen molar-refractivity contribution in [2.45, 2.75) is 120 Å². The van der Waals surface area contributed by atoms with Gasteiger partial charge in [0, 0.05) is 25.0 Å². The van der Waals surface area contributed by atoms with Crippen LogP contribution >= 0.6 is 0 Å². The molecular formula is C30H44O10. The lowest BCUT2D eigenvalue weighted by Gasteiger charge is -2.65. The molecule has 2 heterocycles. The first-order valence-corrected chi connectivity index (χ1v) is 14.9. The van der Waals surface area contributed by atoms with E-state index in [1.54, 1.807) is 13.0 Å². The largest absolute Gasteiger partial charge is 0.458 e. The van der Waals surface area contributed by atoms with Crippen LogP contribution in [0.25, 0.3) is 0 Å². The average Bonchev–Trinajstić information content (AvgIpc) is 3.46. The van der Waals surface area contributed by atoms with E-state index in [1.165, 1.54) is 7.11 Å². The molecule has 6 aliphatic rings. The third-order valence-corrected chi connectivity index (χ3v) is 12.2. The Morgan fingerprint density at radius 2 is 1.77 bits per heavy atom. The maximum Gasteiger partial charge on any atom is 0.331 e. The summed E-state index contributed by atoms with van der Waals surface area (Å²) < 4.78 is 22.4. The van der Waals surface area contributed by atoms with E-state index in [4.69, 9.17) is 18.9 Å². The molecule has 0 aromatic carbocycles. The van der Waals surface area contributed by atoms with E-state index >= 15 is 0 Å². The first kappa shape index (κ1) is 28.7. The Hall–Kier alpha value is -1.40. The van der Waals surface area contributed by atoms with Gasteiger partial charge >= 0.3 is 5.97 Å². The number of esters is 1. The Labute approximate surface area is 235 Å². The van der Waals surface area contributed by atoms with Crippen LogP contribution in [0.5, 0.6) is 0 Å². The van der Waals surface area contributed by atoms with Crippen molar-refractivity contribution in [3.05, 3.63) is 11.6 Å². The molecule has 4 N–H and O–H groups in total. The number of methoxy groups -OCH3 is 1. The minimum Gasteiger partial charge on any atom is -0.458 e. The van der Waals surface area contributed by atoms with Crippen molar-refractivity contribution < 1.29 is 49.0 Å². The molecule has 0 unspecified atom stereocenters. The van der Waals surface area contributed by atoms with Gasteiger partial charge in [-0.3, -0.25) is 0 Å². The number of aliphatic hydroxyl groups excluding tert-OH is 2. The second-order valence-electron chi connectivity index (χ2n) is 13.6. The molecule has 224 valence electrons. The van der Waals surface area contributed by atoms with Crippen LogP contribution in [0.3, 0.4) is 0 Å². The molecule has 4 aliphatic carbocycles. The molecular weight excluding hydrogens is 520 g/mol. The van der Waals surface area contributed by atoms with Crippen LogP contribution in [0, 0.1) is 28.6 Å². The smallest absolute Gasteiger partial charge is 0.331 e. The predicted octanol–water partition coefficient (Wildman–Crippen LogP) is 1.40. The zero-order chi connectivity index (χ0) is 28.7. The summed E-state index contributed by atoms with van der Waals surface area (Å²) in [5.74, 6) is -0.563. The summed E-state index contributed by atoms with van der Waals surface area (Å²) in [5.41, 5.74) is -2.77. The van der Waals surface area contributed by atoms with E-state index in [9.17, 15) is 30.0 Å². The summed E-state index contributed by atoms with van der Waals surface area (Å²) in [7, 11) is 1.42. The minimum absolute atomic E-state index is 0.0563. The molecule has 0 bridgehead atoms. The van der Waals surface area contributed by atoms with Gasteiger partial charge < -0.3 is 44.2 Å². The zero-order valence-electron chi connectivity index (χ0n) is 23.7. The molecule has 5 fully saturated rings. The fourth-order valence-electron chi connectivity index (χ4n) is 10.0. The van der Waals surface area contributed by atoms with Gasteiger partial charge in [-0.15, -0.1) is 0 Å². The number of hydrogen-bond donors (Lipinski definition) is 4. The SMILES string of the molecule is CO[C@H]1[C@@H](O)[C@@H](O[C@@H]2CC[C@]3(C=O)[C@H]4CC[C@]5(C)[C@H](C6=CC(=O)OC6)CC[C@]5(O)[C@@H]4CC[C@]3(O)C2)O[C@H](C)[C@H]1O. The third-order valence-electron chi connectivity index (χ3n) is 12.2. The number of carbonyl (C=O) groups is 2. The van der Waals surface area contributed by atoms with Gasteiger partial charge in [-0.1, -0.05) is 6.92 Å². The Kier molecular flexibility index (Phi) is 7.05. The van der Waals surface area contributed by atoms with Crippen LogP contribution in [0.15, 0.2) is 11.6 Å². The van der Waals surface area contributed by atoms with Crippen LogP contribution in [-0.4, -0.2) is 94.4 Å². The van der Waals surface area contributed by atoms with E-state index in [-0.39, 0.29) is 36.8 Å². The highest BCUT2D eigenvalue weighted by Crippen LogP contribution is 2.70. The molecule has 40 heavy (non-hydrogen) atoms. The zero-order valence-corrected chi connectivity index (χ0v) is 23.7. The number of cyclic esters (lactones) is 1. The summed E-state index contributed by atoms with van der Waals surface area (Å²) in [6.07, 6.45) is 2.28. The molecule has 10 nitrogen and oxygen atoms in total. The molecule has 0 radical (unpaired) electrons. The minimum atomic E-state index is -1.30. The van der Waals surface area contributed by atoms with Crippen LogP contribution in [-0.2, 0) is 28.5 Å². The van der Waals surface area contributed by atoms with Crippen LogP contribution in [0.2, 0.25) is 0 Å². The Morgan fingerprint density at radius 1 is 1.02 bits per heavy atom. The van der Waals surface area contributed by atoms with Gasteiger partial charge in [-0.05, 0) is 81.6 Å². The van der Waals surface area contributed by atoms with Crippen molar-refractivity contribution in [1.29, 1.82) is 0 Å². The normalized spacial score (nSPS) is 54.1. The number of rotatable bonds is 5. The van der Waals surface area contributed by atoms with Crippen molar-refractivity contribution in [2.75, 3.05) is 13.7 Å². The van der Waals surface area contributed by atoms with Gasteiger partial charge in [0.15, 0.2) is 6.29 Å². The molecule has 0 aromatic heterocycles. The standard InChI is InChI=1S/C30H44O10/c1-16-23(33)25(37-3)24(34)26(39-16)40-18-4-9-28(15-31)20-5-8-27(2)19(17-12-22(32)38-14-17)7-11-30(27,36)21(20)6-10-29(28,35)13-18/h12,15-16,18-21,23-26,33-36H,4-11,13-14H2,1-3H3/t16-,18-,19+,20+,21-,23-,24-,25-,26-,27-,28+,29+,30+/m1/s1. The number of aliphatic hydroxyl groups is 4. The highest BCUT2D eigenvalue weighted by atomic mass is 16.7. The molecule has 1 saturated heterocycles. The van der Waals surface area contributed by atoms with Crippen LogP contribution in [0.1, 0.15) is 71.6 Å². The van der Waals surface area contributed by atoms with E-state index in [1.807, 2.05) is 0 Å². The molecule has 2 aliphatic heterocycles. The summed E-state index contributed by atoms with van der Waals surface area (Å²) in [4.78, 5) is 24.8. The van der Waals surface area contributed by atoms with Gasteiger partial charge in [-0.2, -0.15) is 0 Å². The fraction of sp³-hybridized carbons (Fsp3) is 0.867. The van der Waals surface area contributed by atoms with Crippen molar-refractivity contribution in [3.8, 4) is 0 Å². The average molecular weight is 565 g/mol. The Morgan fingerprint density at radius 3 is 2.45 bits per heavy atom. The lowest BCUT2D eigenvalue weighted by atomic mass is 9.41. The van der Waals surface area contributed by atoms with E-state index in [2.05, 4.69) is 6.92 Å². The maximum atomic E-state index is 13.0. The maximum absolute atomic E-state index is 13.0. The van der Waals surface area contributed by atoms with Crippen molar-refractivity contribution in [3.63, 3.8) is 0 Å².